The van der Waals surface area contributed by atoms with Crippen LogP contribution >= 0.6 is 27.3 Å². The summed E-state index contributed by atoms with van der Waals surface area (Å²) in [7, 11) is 1.65. The number of hydrogen-bond acceptors (Lipinski definition) is 4. The number of nitrogens with one attached hydrogen (secondary N) is 1. The van der Waals surface area contributed by atoms with Gasteiger partial charge in [0, 0.05) is 33.0 Å². The molecule has 4 aromatic rings. The Kier molecular flexibility index (Phi) is 4.96. The fourth-order valence-corrected chi connectivity index (χ4v) is 4.07. The highest BCUT2D eigenvalue weighted by Crippen LogP contribution is 2.25. The largest absolute Gasteiger partial charge is 0.497 e. The smallest absolute Gasteiger partial charge is 0.230 e. The van der Waals surface area contributed by atoms with Gasteiger partial charge in [-0.25, -0.2) is 4.98 Å². The van der Waals surface area contributed by atoms with E-state index in [1.165, 1.54) is 11.3 Å². The molecule has 136 valence electrons. The normalized spacial score (nSPS) is 10.9. The van der Waals surface area contributed by atoms with Crippen LogP contribution in [0.4, 0.5) is 5.69 Å². The van der Waals surface area contributed by atoms with Crippen molar-refractivity contribution in [2.24, 2.45) is 0 Å². The molecule has 1 N–H and O–H groups in total. The van der Waals surface area contributed by atoms with Crippen LogP contribution in [0, 0.1) is 0 Å². The van der Waals surface area contributed by atoms with E-state index in [1.807, 2.05) is 64.5 Å². The summed E-state index contributed by atoms with van der Waals surface area (Å²) in [5.74, 6) is 0.747. The minimum Gasteiger partial charge on any atom is -0.497 e. The zero-order chi connectivity index (χ0) is 18.8. The van der Waals surface area contributed by atoms with Gasteiger partial charge in [0.15, 0.2) is 4.96 Å². The summed E-state index contributed by atoms with van der Waals surface area (Å²) < 4.78 is 8.10. The van der Waals surface area contributed by atoms with E-state index in [9.17, 15) is 4.79 Å². The Morgan fingerprint density at radius 1 is 1.26 bits per heavy atom. The molecule has 0 atom stereocenters. The van der Waals surface area contributed by atoms with E-state index in [4.69, 9.17) is 4.74 Å². The van der Waals surface area contributed by atoms with Gasteiger partial charge >= 0.3 is 0 Å². The SMILES string of the molecule is COc1ccc(-c2cn3c(CC(=O)Nc4cccc(Br)c4)csc3n2)cc1. The number of hydrogen-bond donors (Lipinski definition) is 1. The first kappa shape index (κ1) is 17.8. The molecule has 2 heterocycles. The molecule has 0 radical (unpaired) electrons. The molecular weight excluding hydrogens is 426 g/mol. The number of methoxy groups -OCH3 is 1. The number of benzene rings is 2. The van der Waals surface area contributed by atoms with Crippen molar-refractivity contribution in [3.8, 4) is 17.0 Å². The molecule has 0 fully saturated rings. The molecule has 27 heavy (non-hydrogen) atoms. The molecule has 0 aliphatic heterocycles. The lowest BCUT2D eigenvalue weighted by Crippen LogP contribution is -2.15. The van der Waals surface area contributed by atoms with Gasteiger partial charge in [0.1, 0.15) is 5.75 Å². The monoisotopic (exact) mass is 441 g/mol. The van der Waals surface area contributed by atoms with Gasteiger partial charge in [0.2, 0.25) is 5.91 Å². The number of ether oxygens (including phenoxy) is 1. The first-order valence-corrected chi connectivity index (χ1v) is 9.95. The quantitative estimate of drug-likeness (QED) is 0.473. The molecule has 2 aromatic carbocycles. The number of carbonyl (C=O) groups excluding carboxylic acids is 1. The highest BCUT2D eigenvalue weighted by Gasteiger charge is 2.13. The number of aromatic nitrogens is 2. The lowest BCUT2D eigenvalue weighted by atomic mass is 10.2. The summed E-state index contributed by atoms with van der Waals surface area (Å²) in [5.41, 5.74) is 3.56. The van der Waals surface area contributed by atoms with Crippen molar-refractivity contribution in [2.75, 3.05) is 12.4 Å². The van der Waals surface area contributed by atoms with E-state index in [2.05, 4.69) is 26.2 Å². The maximum Gasteiger partial charge on any atom is 0.230 e. The minimum atomic E-state index is -0.0625. The lowest BCUT2D eigenvalue weighted by molar-refractivity contribution is -0.115. The first-order valence-electron chi connectivity index (χ1n) is 8.28. The third kappa shape index (κ3) is 3.89. The van der Waals surface area contributed by atoms with Gasteiger partial charge in [0.05, 0.1) is 19.2 Å². The zero-order valence-electron chi connectivity index (χ0n) is 14.5. The van der Waals surface area contributed by atoms with Crippen molar-refractivity contribution in [3.63, 3.8) is 0 Å². The van der Waals surface area contributed by atoms with Crippen LogP contribution in [-0.2, 0) is 11.2 Å². The van der Waals surface area contributed by atoms with Crippen LogP contribution in [0.3, 0.4) is 0 Å². The van der Waals surface area contributed by atoms with Crippen LogP contribution in [0.2, 0.25) is 0 Å². The molecule has 0 bridgehead atoms. The van der Waals surface area contributed by atoms with Crippen LogP contribution < -0.4 is 10.1 Å². The number of halogens is 1. The van der Waals surface area contributed by atoms with E-state index < -0.39 is 0 Å². The number of anilines is 1. The van der Waals surface area contributed by atoms with Crippen LogP contribution in [0.15, 0.2) is 64.6 Å². The van der Waals surface area contributed by atoms with Crippen LogP contribution in [-0.4, -0.2) is 22.4 Å². The third-order valence-corrected chi connectivity index (χ3v) is 5.50. The van der Waals surface area contributed by atoms with Crippen molar-refractivity contribution in [1.29, 1.82) is 0 Å². The van der Waals surface area contributed by atoms with Gasteiger partial charge < -0.3 is 10.1 Å². The number of rotatable bonds is 5. The molecule has 5 nitrogen and oxygen atoms in total. The van der Waals surface area contributed by atoms with Crippen molar-refractivity contribution in [3.05, 3.63) is 70.3 Å². The van der Waals surface area contributed by atoms with Gasteiger partial charge in [-0.3, -0.25) is 9.20 Å². The van der Waals surface area contributed by atoms with E-state index >= 15 is 0 Å². The predicted octanol–water partition coefficient (Wildman–Crippen LogP) is 5.02. The van der Waals surface area contributed by atoms with Crippen molar-refractivity contribution in [1.82, 2.24) is 9.38 Å². The lowest BCUT2D eigenvalue weighted by Gasteiger charge is -2.05. The molecule has 1 amide bonds. The number of amides is 1. The van der Waals surface area contributed by atoms with Gasteiger partial charge in [-0.15, -0.1) is 11.3 Å². The average Bonchev–Trinajstić information content (AvgIpc) is 3.24. The molecular formula is C20H16BrN3O2S. The number of fused-ring (bicyclic) bond motifs is 1. The summed E-state index contributed by atoms with van der Waals surface area (Å²) >= 11 is 4.94. The molecule has 0 saturated carbocycles. The fourth-order valence-electron chi connectivity index (χ4n) is 2.79. The zero-order valence-corrected chi connectivity index (χ0v) is 16.9. The Morgan fingerprint density at radius 3 is 2.81 bits per heavy atom. The van der Waals surface area contributed by atoms with Crippen molar-refractivity contribution >= 4 is 43.8 Å². The maximum absolute atomic E-state index is 12.4. The van der Waals surface area contributed by atoms with Crippen molar-refractivity contribution < 1.29 is 9.53 Å². The highest BCUT2D eigenvalue weighted by molar-refractivity contribution is 9.10. The van der Waals surface area contributed by atoms with E-state index in [1.54, 1.807) is 7.11 Å². The average molecular weight is 442 g/mol. The molecule has 0 saturated heterocycles. The summed E-state index contributed by atoms with van der Waals surface area (Å²) in [5, 5.41) is 4.90. The van der Waals surface area contributed by atoms with Crippen LogP contribution in [0.5, 0.6) is 5.75 Å². The molecule has 0 spiro atoms. The molecule has 4 rings (SSSR count). The Bertz CT molecular complexity index is 1100. The number of carbonyl (C=O) groups is 1. The Balaban J connectivity index is 1.54. The van der Waals surface area contributed by atoms with Crippen LogP contribution in [0.1, 0.15) is 5.69 Å². The first-order chi connectivity index (χ1) is 13.1. The number of nitrogens with zero attached hydrogens (tertiary/aromatic N) is 2. The summed E-state index contributed by atoms with van der Waals surface area (Å²) in [6, 6.07) is 15.3. The number of imidazole rings is 1. The molecule has 7 heteroatoms. The maximum atomic E-state index is 12.4. The summed E-state index contributed by atoms with van der Waals surface area (Å²) in [4.78, 5) is 17.9. The van der Waals surface area contributed by atoms with Gasteiger partial charge in [-0.1, -0.05) is 22.0 Å². The van der Waals surface area contributed by atoms with E-state index in [-0.39, 0.29) is 12.3 Å². The second kappa shape index (κ2) is 7.54. The molecule has 0 aliphatic carbocycles. The second-order valence-corrected chi connectivity index (χ2v) is 7.72. The van der Waals surface area contributed by atoms with E-state index in [0.717, 1.165) is 37.8 Å². The molecule has 0 aliphatic rings. The van der Waals surface area contributed by atoms with Gasteiger partial charge in [-0.2, -0.15) is 0 Å². The summed E-state index contributed by atoms with van der Waals surface area (Å²) in [6.45, 7) is 0. The fraction of sp³-hybridized carbons (Fsp3) is 0.100. The standard InChI is InChI=1S/C20H16BrN3O2S/c1-26-17-7-5-13(6-8-17)18-11-24-16(12-27-20(24)23-18)10-19(25)22-15-4-2-3-14(21)9-15/h2-9,11-12H,10H2,1H3,(H,22,25). The molecule has 0 unspecified atom stereocenters. The van der Waals surface area contributed by atoms with Gasteiger partial charge in [-0.05, 0) is 42.5 Å². The highest BCUT2D eigenvalue weighted by atomic mass is 79.9. The predicted molar refractivity (Wildman–Crippen MR) is 112 cm³/mol. The Morgan fingerprint density at radius 2 is 2.07 bits per heavy atom. The van der Waals surface area contributed by atoms with Crippen molar-refractivity contribution in [2.45, 2.75) is 6.42 Å². The Labute approximate surface area is 168 Å². The van der Waals surface area contributed by atoms with E-state index in [0.29, 0.717) is 0 Å². The van der Waals surface area contributed by atoms with Crippen LogP contribution in [0.25, 0.3) is 16.2 Å². The second-order valence-electron chi connectivity index (χ2n) is 5.97. The minimum absolute atomic E-state index is 0.0625. The number of thiazole rings is 1. The summed E-state index contributed by atoms with van der Waals surface area (Å²) in [6.07, 6.45) is 2.25. The van der Waals surface area contributed by atoms with Gasteiger partial charge in [0.25, 0.3) is 0 Å². The topological polar surface area (TPSA) is 55.6 Å². The Hall–Kier alpha value is -2.64. The molecule has 2 aromatic heterocycles. The third-order valence-electron chi connectivity index (χ3n) is 4.12.